The average Bonchev–Trinajstić information content (AvgIpc) is 3.50. The predicted molar refractivity (Wildman–Crippen MR) is 113 cm³/mol. The quantitative estimate of drug-likeness (QED) is 0.533. The summed E-state index contributed by atoms with van der Waals surface area (Å²) < 4.78 is 7.64. The monoisotopic (exact) mass is 368 g/mol. The van der Waals surface area contributed by atoms with Crippen molar-refractivity contribution in [1.29, 1.82) is 0 Å². The number of aromatic nitrogens is 2. The number of hydrogen-bond donors (Lipinski definition) is 1. The molecule has 4 aromatic rings. The second-order valence-corrected chi connectivity index (χ2v) is 6.83. The highest BCUT2D eigenvalue weighted by molar-refractivity contribution is 5.81. The molecule has 28 heavy (non-hydrogen) atoms. The third kappa shape index (κ3) is 3.11. The van der Waals surface area contributed by atoms with Crippen LogP contribution in [0.3, 0.4) is 0 Å². The van der Waals surface area contributed by atoms with Crippen LogP contribution in [-0.4, -0.2) is 22.9 Å². The summed E-state index contributed by atoms with van der Waals surface area (Å²) in [5, 5.41) is 3.51. The number of nitrogens with one attached hydrogen (secondary N) is 1. The molecule has 1 unspecified atom stereocenters. The molecule has 0 radical (unpaired) electrons. The highest BCUT2D eigenvalue weighted by Crippen LogP contribution is 2.33. The standard InChI is InChI=1S/C23H20N4O/c1-28-23-11-16(9-10-19(23)21-14-25-21)13-24-17-5-4-6-18(12-17)27-15-26-20-7-2-3-8-22(20)27/h2-12,14-15,21,24H,13H2,1H3. The molecule has 1 aliphatic heterocycles. The van der Waals surface area contributed by atoms with Crippen molar-refractivity contribution in [1.82, 2.24) is 9.55 Å². The molecule has 0 amide bonds. The zero-order chi connectivity index (χ0) is 18.9. The Kier molecular flexibility index (Phi) is 4.05. The van der Waals surface area contributed by atoms with E-state index in [2.05, 4.69) is 68.4 Å². The van der Waals surface area contributed by atoms with Crippen molar-refractivity contribution < 1.29 is 4.74 Å². The largest absolute Gasteiger partial charge is 0.496 e. The Morgan fingerprint density at radius 1 is 1.04 bits per heavy atom. The number of imidazole rings is 1. The van der Waals surface area contributed by atoms with E-state index in [0.717, 1.165) is 40.3 Å². The Hall–Kier alpha value is -3.60. The summed E-state index contributed by atoms with van der Waals surface area (Å²) in [5.41, 5.74) is 6.52. The van der Waals surface area contributed by atoms with Crippen LogP contribution in [0.2, 0.25) is 0 Å². The van der Waals surface area contributed by atoms with Gasteiger partial charge in [0.2, 0.25) is 0 Å². The lowest BCUT2D eigenvalue weighted by molar-refractivity contribution is 0.409. The first kappa shape index (κ1) is 16.6. The Balaban J connectivity index is 1.36. The zero-order valence-corrected chi connectivity index (χ0v) is 15.5. The van der Waals surface area contributed by atoms with Crippen molar-refractivity contribution >= 4 is 22.9 Å². The minimum atomic E-state index is 0.193. The fourth-order valence-corrected chi connectivity index (χ4v) is 3.45. The zero-order valence-electron chi connectivity index (χ0n) is 15.5. The minimum Gasteiger partial charge on any atom is -0.496 e. The lowest BCUT2D eigenvalue weighted by Crippen LogP contribution is -2.02. The molecular formula is C23H20N4O. The molecule has 2 heterocycles. The van der Waals surface area contributed by atoms with Gasteiger partial charge in [0, 0.05) is 29.7 Å². The number of fused-ring (bicyclic) bond motifs is 1. The summed E-state index contributed by atoms with van der Waals surface area (Å²) in [7, 11) is 1.71. The molecule has 5 rings (SSSR count). The van der Waals surface area contributed by atoms with Crippen LogP contribution in [0.4, 0.5) is 5.69 Å². The second-order valence-electron chi connectivity index (χ2n) is 6.83. The smallest absolute Gasteiger partial charge is 0.124 e. The van der Waals surface area contributed by atoms with Gasteiger partial charge >= 0.3 is 0 Å². The van der Waals surface area contributed by atoms with Gasteiger partial charge in [-0.15, -0.1) is 0 Å². The van der Waals surface area contributed by atoms with Gasteiger partial charge in [0.25, 0.3) is 0 Å². The lowest BCUT2D eigenvalue weighted by atomic mass is 10.1. The molecule has 0 spiro atoms. The molecule has 5 nitrogen and oxygen atoms in total. The Bertz CT molecular complexity index is 1170. The number of rotatable bonds is 6. The first-order chi connectivity index (χ1) is 13.8. The van der Waals surface area contributed by atoms with Gasteiger partial charge in [-0.2, -0.15) is 0 Å². The highest BCUT2D eigenvalue weighted by atomic mass is 16.5. The van der Waals surface area contributed by atoms with Gasteiger partial charge in [-0.1, -0.05) is 30.3 Å². The van der Waals surface area contributed by atoms with Crippen LogP contribution in [0.1, 0.15) is 17.2 Å². The molecule has 0 saturated carbocycles. The molecule has 0 fully saturated rings. The molecule has 1 aliphatic rings. The normalized spacial score (nSPS) is 15.0. The van der Waals surface area contributed by atoms with Crippen molar-refractivity contribution in [3.8, 4) is 11.4 Å². The van der Waals surface area contributed by atoms with E-state index in [0.29, 0.717) is 0 Å². The molecule has 1 aromatic heterocycles. The fraction of sp³-hybridized carbons (Fsp3) is 0.130. The maximum Gasteiger partial charge on any atom is 0.124 e. The summed E-state index contributed by atoms with van der Waals surface area (Å²) in [6.45, 7) is 0.719. The molecule has 1 N–H and O–H groups in total. The SMILES string of the molecule is COc1cc(CNc2cccc(-n3cnc4ccccc43)c2)ccc1C1C=N1. The molecule has 5 heteroatoms. The molecule has 0 aliphatic carbocycles. The average molecular weight is 368 g/mol. The van der Waals surface area contributed by atoms with Gasteiger partial charge in [-0.25, -0.2) is 4.98 Å². The van der Waals surface area contributed by atoms with Crippen LogP contribution < -0.4 is 10.1 Å². The maximum atomic E-state index is 5.53. The summed E-state index contributed by atoms with van der Waals surface area (Å²) in [6.07, 6.45) is 3.80. The summed E-state index contributed by atoms with van der Waals surface area (Å²) in [6, 6.07) is 23.0. The van der Waals surface area contributed by atoms with E-state index in [-0.39, 0.29) is 6.04 Å². The Morgan fingerprint density at radius 2 is 1.93 bits per heavy atom. The topological polar surface area (TPSA) is 51.4 Å². The van der Waals surface area contributed by atoms with Crippen LogP contribution in [-0.2, 0) is 6.54 Å². The number of para-hydroxylation sites is 2. The predicted octanol–water partition coefficient (Wildman–Crippen LogP) is 4.77. The van der Waals surface area contributed by atoms with Gasteiger partial charge in [0.15, 0.2) is 0 Å². The summed E-state index contributed by atoms with van der Waals surface area (Å²) >= 11 is 0. The summed E-state index contributed by atoms with van der Waals surface area (Å²) in [4.78, 5) is 8.72. The van der Waals surface area contributed by atoms with E-state index in [1.807, 2.05) is 30.7 Å². The number of anilines is 1. The van der Waals surface area contributed by atoms with Crippen molar-refractivity contribution in [2.75, 3.05) is 12.4 Å². The first-order valence-electron chi connectivity index (χ1n) is 9.28. The van der Waals surface area contributed by atoms with Crippen molar-refractivity contribution in [3.05, 3.63) is 84.2 Å². The third-order valence-electron chi connectivity index (χ3n) is 4.99. The van der Waals surface area contributed by atoms with E-state index in [9.17, 15) is 0 Å². The summed E-state index contributed by atoms with van der Waals surface area (Å²) in [5.74, 6) is 0.889. The molecule has 138 valence electrons. The van der Waals surface area contributed by atoms with Gasteiger partial charge < -0.3 is 10.1 Å². The van der Waals surface area contributed by atoms with E-state index < -0.39 is 0 Å². The van der Waals surface area contributed by atoms with Crippen LogP contribution >= 0.6 is 0 Å². The third-order valence-corrected chi connectivity index (χ3v) is 4.99. The number of aliphatic imine (C=N–C) groups is 1. The van der Waals surface area contributed by atoms with Gasteiger partial charge in [0.05, 0.1) is 18.1 Å². The van der Waals surface area contributed by atoms with Crippen molar-refractivity contribution in [3.63, 3.8) is 0 Å². The van der Waals surface area contributed by atoms with Crippen LogP contribution in [0, 0.1) is 0 Å². The molecular weight excluding hydrogens is 348 g/mol. The number of nitrogens with zero attached hydrogens (tertiary/aromatic N) is 3. The maximum absolute atomic E-state index is 5.53. The van der Waals surface area contributed by atoms with E-state index >= 15 is 0 Å². The lowest BCUT2D eigenvalue weighted by Gasteiger charge is -2.12. The molecule has 3 aromatic carbocycles. The van der Waals surface area contributed by atoms with Gasteiger partial charge in [-0.3, -0.25) is 9.56 Å². The van der Waals surface area contributed by atoms with Crippen molar-refractivity contribution in [2.24, 2.45) is 4.99 Å². The van der Waals surface area contributed by atoms with Crippen LogP contribution in [0.5, 0.6) is 5.75 Å². The first-order valence-corrected chi connectivity index (χ1v) is 9.28. The van der Waals surface area contributed by atoms with Crippen molar-refractivity contribution in [2.45, 2.75) is 12.6 Å². The van der Waals surface area contributed by atoms with Gasteiger partial charge in [-0.05, 0) is 42.0 Å². The molecule has 0 saturated heterocycles. The number of benzene rings is 3. The second kappa shape index (κ2) is 6.85. The number of methoxy groups -OCH3 is 1. The van der Waals surface area contributed by atoms with Crippen LogP contribution in [0.25, 0.3) is 16.7 Å². The Morgan fingerprint density at radius 3 is 2.79 bits per heavy atom. The number of ether oxygens (including phenoxy) is 1. The highest BCUT2D eigenvalue weighted by Gasteiger charge is 2.20. The van der Waals surface area contributed by atoms with Crippen LogP contribution in [0.15, 0.2) is 78.0 Å². The molecule has 1 atom stereocenters. The Labute approximate surface area is 163 Å². The van der Waals surface area contributed by atoms with Gasteiger partial charge in [0.1, 0.15) is 18.1 Å². The van der Waals surface area contributed by atoms with E-state index in [4.69, 9.17) is 4.74 Å². The fourth-order valence-electron chi connectivity index (χ4n) is 3.45. The number of hydrogen-bond acceptors (Lipinski definition) is 4. The van der Waals surface area contributed by atoms with E-state index in [1.54, 1.807) is 7.11 Å². The molecule has 0 bridgehead atoms. The van der Waals surface area contributed by atoms with E-state index in [1.165, 1.54) is 5.56 Å². The minimum absolute atomic E-state index is 0.193.